The van der Waals surface area contributed by atoms with Gasteiger partial charge < -0.3 is 10.1 Å². The number of aryl methyl sites for hydroxylation is 2. The zero-order valence-electron chi connectivity index (χ0n) is 19.1. The van der Waals surface area contributed by atoms with Crippen LogP contribution in [0.25, 0.3) is 10.2 Å². The van der Waals surface area contributed by atoms with Crippen molar-refractivity contribution in [3.63, 3.8) is 0 Å². The van der Waals surface area contributed by atoms with E-state index in [1.807, 2.05) is 26.1 Å². The molecule has 2 N–H and O–H groups in total. The van der Waals surface area contributed by atoms with Gasteiger partial charge in [-0.05, 0) is 56.4 Å². The molecule has 0 spiro atoms. The van der Waals surface area contributed by atoms with Crippen LogP contribution >= 0.6 is 11.3 Å². The Bertz CT molecular complexity index is 1210. The van der Waals surface area contributed by atoms with Crippen LogP contribution in [0.4, 0.5) is 5.69 Å². The third-order valence-corrected chi connectivity index (χ3v) is 6.97. The van der Waals surface area contributed by atoms with Crippen LogP contribution < -0.4 is 15.5 Å². The molecule has 1 fully saturated rings. The highest BCUT2D eigenvalue weighted by Gasteiger charge is 2.24. The van der Waals surface area contributed by atoms with Crippen LogP contribution in [0.1, 0.15) is 63.4 Å². The number of para-hydroxylation sites is 1. The number of fused-ring (bicyclic) bond motifs is 1. The van der Waals surface area contributed by atoms with Gasteiger partial charge in [0.2, 0.25) is 0 Å². The van der Waals surface area contributed by atoms with Crippen molar-refractivity contribution < 1.29 is 14.3 Å². The summed E-state index contributed by atoms with van der Waals surface area (Å²) in [4.78, 5) is 31.9. The standard InChI is InChI=1S/C25H28N4O3S/c1-15-13-16(2)27-25-20(15)21(28-23(30)18-11-7-8-12-19(18)32-3)22(33-25)24(31)29-26-14-17-9-5-4-6-10-17/h7-8,11-14,17H,4-6,9-10H2,1-3H3,(H,28,30)(H,29,31)/b26-14-. The highest BCUT2D eigenvalue weighted by Crippen LogP contribution is 2.38. The van der Waals surface area contributed by atoms with Crippen molar-refractivity contribution in [1.29, 1.82) is 0 Å². The lowest BCUT2D eigenvalue weighted by molar-refractivity contribution is 0.0959. The molecular formula is C25H28N4O3S. The molecule has 0 unspecified atom stereocenters. The minimum atomic E-state index is -0.363. The quantitative estimate of drug-likeness (QED) is 0.374. The smallest absolute Gasteiger partial charge is 0.283 e. The molecule has 1 aromatic carbocycles. The highest BCUT2D eigenvalue weighted by atomic mass is 32.1. The first kappa shape index (κ1) is 22.9. The Hall–Kier alpha value is -3.26. The second-order valence-electron chi connectivity index (χ2n) is 8.34. The molecule has 2 amide bonds. The monoisotopic (exact) mass is 464 g/mol. The number of pyridine rings is 1. The number of amides is 2. The SMILES string of the molecule is COc1ccccc1C(=O)Nc1c(C(=O)N/N=C\C2CCCCC2)sc2nc(C)cc(C)c12. The van der Waals surface area contributed by atoms with Gasteiger partial charge in [0, 0.05) is 17.3 Å². The van der Waals surface area contributed by atoms with Crippen molar-refractivity contribution in [2.24, 2.45) is 11.0 Å². The third kappa shape index (κ3) is 5.06. The highest BCUT2D eigenvalue weighted by molar-refractivity contribution is 7.21. The summed E-state index contributed by atoms with van der Waals surface area (Å²) in [6, 6.07) is 8.93. The van der Waals surface area contributed by atoms with Gasteiger partial charge in [-0.3, -0.25) is 9.59 Å². The first-order valence-corrected chi connectivity index (χ1v) is 12.0. The average molecular weight is 465 g/mol. The Balaban J connectivity index is 1.66. The topological polar surface area (TPSA) is 92.7 Å². The average Bonchev–Trinajstić information content (AvgIpc) is 3.17. The number of ether oxygens (including phenoxy) is 1. The number of hydrogen-bond donors (Lipinski definition) is 2. The molecule has 2 aromatic heterocycles. The summed E-state index contributed by atoms with van der Waals surface area (Å²) in [6.45, 7) is 3.86. The van der Waals surface area contributed by atoms with Gasteiger partial charge in [0.15, 0.2) is 0 Å². The van der Waals surface area contributed by atoms with Crippen molar-refractivity contribution in [2.45, 2.75) is 46.0 Å². The summed E-state index contributed by atoms with van der Waals surface area (Å²) >= 11 is 1.25. The predicted octanol–water partition coefficient (Wildman–Crippen LogP) is 5.47. The Morgan fingerprint density at radius 1 is 1.15 bits per heavy atom. The molecule has 0 radical (unpaired) electrons. The van der Waals surface area contributed by atoms with Crippen molar-refractivity contribution in [1.82, 2.24) is 10.4 Å². The Morgan fingerprint density at radius 3 is 2.67 bits per heavy atom. The molecule has 8 heteroatoms. The number of carbonyl (C=O) groups excluding carboxylic acids is 2. The van der Waals surface area contributed by atoms with E-state index in [0.29, 0.717) is 32.6 Å². The summed E-state index contributed by atoms with van der Waals surface area (Å²) in [5.74, 6) is 0.144. The van der Waals surface area contributed by atoms with E-state index in [4.69, 9.17) is 4.74 Å². The Labute approximate surface area is 197 Å². The summed E-state index contributed by atoms with van der Waals surface area (Å²) < 4.78 is 5.33. The number of hydrogen-bond acceptors (Lipinski definition) is 6. The van der Waals surface area contributed by atoms with Crippen LogP contribution in [0.5, 0.6) is 5.75 Å². The largest absolute Gasteiger partial charge is 0.496 e. The second kappa shape index (κ2) is 10.1. The molecule has 0 bridgehead atoms. The predicted molar refractivity (Wildman–Crippen MR) is 133 cm³/mol. The Morgan fingerprint density at radius 2 is 1.91 bits per heavy atom. The summed E-state index contributed by atoms with van der Waals surface area (Å²) in [5, 5.41) is 7.92. The van der Waals surface area contributed by atoms with Crippen LogP contribution in [0.2, 0.25) is 0 Å². The number of thiophene rings is 1. The number of aromatic nitrogens is 1. The van der Waals surface area contributed by atoms with Crippen LogP contribution in [0.3, 0.4) is 0 Å². The van der Waals surface area contributed by atoms with Crippen molar-refractivity contribution in [3.05, 3.63) is 52.0 Å². The van der Waals surface area contributed by atoms with Crippen molar-refractivity contribution in [3.8, 4) is 5.75 Å². The van der Waals surface area contributed by atoms with Gasteiger partial charge in [0.25, 0.3) is 11.8 Å². The fraction of sp³-hybridized carbons (Fsp3) is 0.360. The van der Waals surface area contributed by atoms with E-state index < -0.39 is 0 Å². The zero-order chi connectivity index (χ0) is 23.4. The van der Waals surface area contributed by atoms with Crippen LogP contribution in [-0.2, 0) is 0 Å². The van der Waals surface area contributed by atoms with Gasteiger partial charge in [-0.25, -0.2) is 10.4 Å². The summed E-state index contributed by atoms with van der Waals surface area (Å²) in [6.07, 6.45) is 7.70. The molecule has 0 aliphatic heterocycles. The lowest BCUT2D eigenvalue weighted by atomic mass is 9.90. The fourth-order valence-electron chi connectivity index (χ4n) is 4.27. The molecular weight excluding hydrogens is 436 g/mol. The maximum atomic E-state index is 13.1. The molecule has 33 heavy (non-hydrogen) atoms. The fourth-order valence-corrected chi connectivity index (χ4v) is 5.41. The molecule has 7 nitrogen and oxygen atoms in total. The summed E-state index contributed by atoms with van der Waals surface area (Å²) in [7, 11) is 1.52. The number of rotatable bonds is 6. The van der Waals surface area contributed by atoms with Crippen molar-refractivity contribution in [2.75, 3.05) is 12.4 Å². The van der Waals surface area contributed by atoms with Crippen LogP contribution in [-0.4, -0.2) is 30.1 Å². The molecule has 0 atom stereocenters. The minimum Gasteiger partial charge on any atom is -0.496 e. The molecule has 1 saturated carbocycles. The molecule has 1 aliphatic rings. The number of methoxy groups -OCH3 is 1. The van der Waals surface area contributed by atoms with Gasteiger partial charge in [-0.1, -0.05) is 31.4 Å². The maximum absolute atomic E-state index is 13.1. The lowest BCUT2D eigenvalue weighted by Crippen LogP contribution is -2.21. The lowest BCUT2D eigenvalue weighted by Gasteiger charge is -2.16. The van der Waals surface area contributed by atoms with Crippen LogP contribution in [0, 0.1) is 19.8 Å². The van der Waals surface area contributed by atoms with Gasteiger partial charge in [0.05, 0.1) is 18.4 Å². The van der Waals surface area contributed by atoms with E-state index in [2.05, 4.69) is 20.8 Å². The molecule has 4 rings (SSSR count). The Kier molecular flexibility index (Phi) is 7.03. The van der Waals surface area contributed by atoms with Gasteiger partial charge in [0.1, 0.15) is 15.5 Å². The molecule has 172 valence electrons. The number of benzene rings is 1. The van der Waals surface area contributed by atoms with Gasteiger partial charge in [-0.2, -0.15) is 5.10 Å². The van der Waals surface area contributed by atoms with E-state index in [1.165, 1.54) is 37.7 Å². The number of nitrogens with one attached hydrogen (secondary N) is 2. The van der Waals surface area contributed by atoms with E-state index in [1.54, 1.807) is 24.3 Å². The molecule has 0 saturated heterocycles. The summed E-state index contributed by atoms with van der Waals surface area (Å²) in [5.41, 5.74) is 5.28. The van der Waals surface area contributed by atoms with Crippen molar-refractivity contribution >= 4 is 45.3 Å². The molecule has 1 aliphatic carbocycles. The second-order valence-corrected chi connectivity index (χ2v) is 9.34. The first-order chi connectivity index (χ1) is 16.0. The van der Waals surface area contributed by atoms with Gasteiger partial charge in [-0.15, -0.1) is 11.3 Å². The van der Waals surface area contributed by atoms with E-state index in [0.717, 1.165) is 29.5 Å². The molecule has 2 heterocycles. The normalized spacial score (nSPS) is 14.5. The van der Waals surface area contributed by atoms with E-state index in [-0.39, 0.29) is 11.8 Å². The van der Waals surface area contributed by atoms with Gasteiger partial charge >= 0.3 is 0 Å². The maximum Gasteiger partial charge on any atom is 0.283 e. The number of carbonyl (C=O) groups is 2. The van der Waals surface area contributed by atoms with E-state index in [9.17, 15) is 9.59 Å². The first-order valence-electron chi connectivity index (χ1n) is 11.2. The number of hydrazone groups is 1. The third-order valence-electron chi connectivity index (χ3n) is 5.88. The number of nitrogens with zero attached hydrogens (tertiary/aromatic N) is 2. The number of anilines is 1. The zero-order valence-corrected chi connectivity index (χ0v) is 19.9. The van der Waals surface area contributed by atoms with E-state index >= 15 is 0 Å². The molecule has 3 aromatic rings. The van der Waals surface area contributed by atoms with Crippen LogP contribution in [0.15, 0.2) is 35.4 Å². The minimum absolute atomic E-state index is 0.355.